The fourth-order valence-corrected chi connectivity index (χ4v) is 6.12. The van der Waals surface area contributed by atoms with E-state index in [1.165, 1.54) is 38.6 Å². The van der Waals surface area contributed by atoms with Gasteiger partial charge in [-0.1, -0.05) is 66.7 Å². The summed E-state index contributed by atoms with van der Waals surface area (Å²) in [7, 11) is 0. The van der Waals surface area contributed by atoms with Crippen LogP contribution >= 0.6 is 0 Å². The number of anilines is 1. The quantitative estimate of drug-likeness (QED) is 0.281. The summed E-state index contributed by atoms with van der Waals surface area (Å²) in [6.45, 7) is 1.60. The SMILES string of the molecule is C1=CC2=C(NC1)c1cc3c4ccccc4n(-c4ccccc4)c3cc1C1=C(C=CCN1)N2c1ccccc1. The van der Waals surface area contributed by atoms with Crippen LogP contribution in [0.25, 0.3) is 38.9 Å². The Balaban J connectivity index is 1.51. The van der Waals surface area contributed by atoms with Gasteiger partial charge in [0.2, 0.25) is 0 Å². The largest absolute Gasteiger partial charge is 0.379 e. The minimum absolute atomic E-state index is 0.800. The van der Waals surface area contributed by atoms with Crippen molar-refractivity contribution in [3.05, 3.63) is 144 Å². The summed E-state index contributed by atoms with van der Waals surface area (Å²) in [5.74, 6) is 0. The highest BCUT2D eigenvalue weighted by atomic mass is 15.2. The molecule has 4 nitrogen and oxygen atoms in total. The molecule has 0 saturated heterocycles. The lowest BCUT2D eigenvalue weighted by molar-refractivity contribution is 0.951. The summed E-state index contributed by atoms with van der Waals surface area (Å²) in [5, 5.41) is 10.0. The first-order valence-corrected chi connectivity index (χ1v) is 13.2. The zero-order valence-corrected chi connectivity index (χ0v) is 20.9. The van der Waals surface area contributed by atoms with Crippen LogP contribution in [0.5, 0.6) is 0 Å². The number of allylic oxidation sites excluding steroid dienone is 2. The van der Waals surface area contributed by atoms with E-state index in [9.17, 15) is 0 Å². The van der Waals surface area contributed by atoms with Crippen LogP contribution < -0.4 is 15.5 Å². The molecule has 0 spiro atoms. The number of dihydropyridines is 2. The molecule has 0 fully saturated rings. The molecule has 0 atom stereocenters. The molecule has 182 valence electrons. The molecule has 0 unspecified atom stereocenters. The zero-order valence-electron chi connectivity index (χ0n) is 20.9. The molecule has 3 aliphatic heterocycles. The van der Waals surface area contributed by atoms with Gasteiger partial charge < -0.3 is 20.1 Å². The molecule has 4 heterocycles. The zero-order chi connectivity index (χ0) is 25.1. The lowest BCUT2D eigenvalue weighted by Gasteiger charge is -2.31. The molecular formula is C34H26N4. The number of fused-ring (bicyclic) bond motifs is 6. The van der Waals surface area contributed by atoms with E-state index in [0.29, 0.717) is 0 Å². The van der Waals surface area contributed by atoms with Gasteiger partial charge in [0.15, 0.2) is 0 Å². The van der Waals surface area contributed by atoms with Crippen molar-refractivity contribution in [2.75, 3.05) is 18.0 Å². The molecule has 2 N–H and O–H groups in total. The second-order valence-corrected chi connectivity index (χ2v) is 9.86. The molecule has 4 heteroatoms. The smallest absolute Gasteiger partial charge is 0.0698 e. The van der Waals surface area contributed by atoms with Gasteiger partial charge in [0, 0.05) is 46.4 Å². The fraction of sp³-hybridized carbons (Fsp3) is 0.0588. The molecule has 0 aliphatic carbocycles. The van der Waals surface area contributed by atoms with Crippen molar-refractivity contribution >= 4 is 38.9 Å². The first kappa shape index (κ1) is 21.2. The van der Waals surface area contributed by atoms with Crippen molar-refractivity contribution < 1.29 is 0 Å². The van der Waals surface area contributed by atoms with Crippen LogP contribution in [0.2, 0.25) is 0 Å². The fourth-order valence-electron chi connectivity index (χ4n) is 6.12. The van der Waals surface area contributed by atoms with Crippen LogP contribution in [0.1, 0.15) is 11.1 Å². The van der Waals surface area contributed by atoms with Gasteiger partial charge in [-0.3, -0.25) is 0 Å². The van der Waals surface area contributed by atoms with E-state index in [1.54, 1.807) is 0 Å². The summed E-state index contributed by atoms with van der Waals surface area (Å²) < 4.78 is 2.40. The number of benzene rings is 4. The van der Waals surface area contributed by atoms with Gasteiger partial charge in [-0.2, -0.15) is 0 Å². The summed E-state index contributed by atoms with van der Waals surface area (Å²) in [4.78, 5) is 2.38. The Kier molecular flexibility index (Phi) is 4.61. The first-order chi connectivity index (χ1) is 18.9. The molecule has 1 aromatic heterocycles. The molecule has 38 heavy (non-hydrogen) atoms. The third kappa shape index (κ3) is 3.04. The molecule has 4 aromatic carbocycles. The third-order valence-electron chi connectivity index (χ3n) is 7.72. The summed E-state index contributed by atoms with van der Waals surface area (Å²) in [6.07, 6.45) is 8.94. The lowest BCUT2D eigenvalue weighted by atomic mass is 9.96. The Morgan fingerprint density at radius 2 is 1.11 bits per heavy atom. The normalized spacial score (nSPS) is 16.2. The van der Waals surface area contributed by atoms with E-state index in [2.05, 4.69) is 141 Å². The molecule has 0 saturated carbocycles. The van der Waals surface area contributed by atoms with Crippen LogP contribution in [0, 0.1) is 0 Å². The number of hydrogen-bond acceptors (Lipinski definition) is 3. The van der Waals surface area contributed by atoms with Crippen molar-refractivity contribution in [1.29, 1.82) is 0 Å². The Labute approximate surface area is 221 Å². The highest BCUT2D eigenvalue weighted by molar-refractivity contribution is 6.11. The maximum atomic E-state index is 3.75. The van der Waals surface area contributed by atoms with Gasteiger partial charge >= 0.3 is 0 Å². The summed E-state index contributed by atoms with van der Waals surface area (Å²) in [6, 6.07) is 34.9. The number of hydrogen-bond donors (Lipinski definition) is 2. The van der Waals surface area contributed by atoms with Crippen LogP contribution in [0.4, 0.5) is 5.69 Å². The molecule has 3 aliphatic rings. The summed E-state index contributed by atoms with van der Waals surface area (Å²) in [5.41, 5.74) is 11.8. The van der Waals surface area contributed by atoms with E-state index < -0.39 is 0 Å². The van der Waals surface area contributed by atoms with Gasteiger partial charge in [-0.15, -0.1) is 0 Å². The molecule has 0 bridgehead atoms. The number of rotatable bonds is 2. The Bertz CT molecular complexity index is 1850. The maximum absolute atomic E-state index is 3.75. The number of nitrogens with zero attached hydrogens (tertiary/aromatic N) is 2. The molecule has 0 radical (unpaired) electrons. The molecule has 8 rings (SSSR count). The Morgan fingerprint density at radius 3 is 1.79 bits per heavy atom. The van der Waals surface area contributed by atoms with Gasteiger partial charge in [0.25, 0.3) is 0 Å². The van der Waals surface area contributed by atoms with Crippen LogP contribution in [-0.4, -0.2) is 17.7 Å². The summed E-state index contributed by atoms with van der Waals surface area (Å²) >= 11 is 0. The Morgan fingerprint density at radius 1 is 0.526 bits per heavy atom. The van der Waals surface area contributed by atoms with Crippen molar-refractivity contribution in [1.82, 2.24) is 15.2 Å². The van der Waals surface area contributed by atoms with E-state index in [4.69, 9.17) is 0 Å². The first-order valence-electron chi connectivity index (χ1n) is 13.2. The molecule has 0 amide bonds. The van der Waals surface area contributed by atoms with Gasteiger partial charge in [0.1, 0.15) is 0 Å². The average molecular weight is 491 g/mol. The standard InChI is InChI=1S/C34H26N4/c1-3-11-23(12-4-1)37-29-16-8-7-15-25(29)26-21-27-28(22-32(26)37)34-31(18-10-20-36-34)38(24-13-5-2-6-14-24)30-17-9-19-35-33(27)30/h1-18,21-22,35-36H,19-20H2. The van der Waals surface area contributed by atoms with Crippen LogP contribution in [0.15, 0.2) is 133 Å². The third-order valence-corrected chi connectivity index (χ3v) is 7.72. The van der Waals surface area contributed by atoms with Gasteiger partial charge in [0.05, 0.1) is 33.8 Å². The number of nitrogens with one attached hydrogen (secondary N) is 2. The lowest BCUT2D eigenvalue weighted by Crippen LogP contribution is -2.29. The monoisotopic (exact) mass is 490 g/mol. The maximum Gasteiger partial charge on any atom is 0.0698 e. The minimum atomic E-state index is 0.800. The van der Waals surface area contributed by atoms with E-state index >= 15 is 0 Å². The number of aromatic nitrogens is 1. The minimum Gasteiger partial charge on any atom is -0.379 e. The van der Waals surface area contributed by atoms with Crippen molar-refractivity contribution in [3.63, 3.8) is 0 Å². The van der Waals surface area contributed by atoms with E-state index in [1.807, 2.05) is 0 Å². The predicted octanol–water partition coefficient (Wildman–Crippen LogP) is 6.96. The predicted molar refractivity (Wildman–Crippen MR) is 158 cm³/mol. The Hall–Kier alpha value is -4.96. The van der Waals surface area contributed by atoms with Gasteiger partial charge in [-0.25, -0.2) is 0 Å². The molecule has 5 aromatic rings. The van der Waals surface area contributed by atoms with Crippen molar-refractivity contribution in [3.8, 4) is 5.69 Å². The van der Waals surface area contributed by atoms with E-state index in [0.717, 1.165) is 41.6 Å². The highest BCUT2D eigenvalue weighted by Crippen LogP contribution is 2.43. The molecular weight excluding hydrogens is 464 g/mol. The topological polar surface area (TPSA) is 32.2 Å². The average Bonchev–Trinajstić information content (AvgIpc) is 3.25. The second kappa shape index (κ2) is 8.29. The van der Waals surface area contributed by atoms with Gasteiger partial charge in [-0.05, 0) is 54.6 Å². The van der Waals surface area contributed by atoms with Crippen molar-refractivity contribution in [2.45, 2.75) is 0 Å². The highest BCUT2D eigenvalue weighted by Gasteiger charge is 2.31. The second-order valence-electron chi connectivity index (χ2n) is 9.86. The van der Waals surface area contributed by atoms with Crippen molar-refractivity contribution in [2.24, 2.45) is 0 Å². The van der Waals surface area contributed by atoms with Crippen LogP contribution in [0.3, 0.4) is 0 Å². The van der Waals surface area contributed by atoms with E-state index in [-0.39, 0.29) is 0 Å². The number of para-hydroxylation sites is 3. The van der Waals surface area contributed by atoms with Crippen LogP contribution in [-0.2, 0) is 0 Å².